The SMILES string of the molecule is C=C/C=C\C(=C/C)c1ccc(CN(C)C(=O)Nc2ccc(C(=C)C)cc2)cc1. The number of rotatable bonds is 7. The Morgan fingerprint density at radius 3 is 2.21 bits per heavy atom. The van der Waals surface area contributed by atoms with Gasteiger partial charge in [0.15, 0.2) is 0 Å². The molecule has 2 rings (SSSR count). The number of nitrogens with one attached hydrogen (secondary N) is 1. The Kier molecular flexibility index (Phi) is 7.58. The molecule has 0 saturated heterocycles. The Labute approximate surface area is 168 Å². The average molecular weight is 373 g/mol. The Morgan fingerprint density at radius 2 is 1.68 bits per heavy atom. The van der Waals surface area contributed by atoms with E-state index in [4.69, 9.17) is 0 Å². The first-order valence-electron chi connectivity index (χ1n) is 9.27. The fourth-order valence-electron chi connectivity index (χ4n) is 2.74. The van der Waals surface area contributed by atoms with E-state index < -0.39 is 0 Å². The highest BCUT2D eigenvalue weighted by Gasteiger charge is 2.10. The van der Waals surface area contributed by atoms with Gasteiger partial charge in [0.2, 0.25) is 0 Å². The summed E-state index contributed by atoms with van der Waals surface area (Å²) in [5.74, 6) is 0. The molecular weight excluding hydrogens is 344 g/mol. The molecule has 28 heavy (non-hydrogen) atoms. The molecule has 0 unspecified atom stereocenters. The van der Waals surface area contributed by atoms with Gasteiger partial charge in [0.25, 0.3) is 0 Å². The number of nitrogens with zero attached hydrogens (tertiary/aromatic N) is 1. The molecule has 0 aliphatic heterocycles. The van der Waals surface area contributed by atoms with Crippen LogP contribution in [0.25, 0.3) is 11.1 Å². The summed E-state index contributed by atoms with van der Waals surface area (Å²) in [5.41, 5.74) is 6.17. The van der Waals surface area contributed by atoms with Gasteiger partial charge in [0.1, 0.15) is 0 Å². The Balaban J connectivity index is 1.98. The van der Waals surface area contributed by atoms with E-state index >= 15 is 0 Å². The van der Waals surface area contributed by atoms with Crippen LogP contribution in [0.15, 0.2) is 86.0 Å². The van der Waals surface area contributed by atoms with Crippen molar-refractivity contribution in [1.82, 2.24) is 4.90 Å². The van der Waals surface area contributed by atoms with E-state index in [9.17, 15) is 4.79 Å². The van der Waals surface area contributed by atoms with Crippen molar-refractivity contribution in [1.29, 1.82) is 0 Å². The zero-order valence-corrected chi connectivity index (χ0v) is 16.9. The number of allylic oxidation sites excluding steroid dienone is 6. The second kappa shape index (κ2) is 10.1. The van der Waals surface area contributed by atoms with Crippen molar-refractivity contribution in [3.63, 3.8) is 0 Å². The molecule has 3 nitrogen and oxygen atoms in total. The second-order valence-corrected chi connectivity index (χ2v) is 6.68. The number of amides is 2. The fourth-order valence-corrected chi connectivity index (χ4v) is 2.74. The van der Waals surface area contributed by atoms with Crippen molar-refractivity contribution < 1.29 is 4.79 Å². The summed E-state index contributed by atoms with van der Waals surface area (Å²) < 4.78 is 0. The Morgan fingerprint density at radius 1 is 1.07 bits per heavy atom. The minimum absolute atomic E-state index is 0.143. The molecular formula is C25H28N2O. The predicted octanol–water partition coefficient (Wildman–Crippen LogP) is 6.53. The maximum absolute atomic E-state index is 12.4. The molecule has 0 heterocycles. The van der Waals surface area contributed by atoms with Crippen LogP contribution in [0.5, 0.6) is 0 Å². The number of benzene rings is 2. The van der Waals surface area contributed by atoms with Crippen molar-refractivity contribution in [2.45, 2.75) is 20.4 Å². The van der Waals surface area contributed by atoms with Gasteiger partial charge in [-0.15, -0.1) is 0 Å². The van der Waals surface area contributed by atoms with Crippen LogP contribution < -0.4 is 5.32 Å². The first kappa shape index (κ1) is 21.0. The second-order valence-electron chi connectivity index (χ2n) is 6.68. The number of hydrogen-bond donors (Lipinski definition) is 1. The monoisotopic (exact) mass is 372 g/mol. The van der Waals surface area contributed by atoms with Crippen molar-refractivity contribution in [3.05, 3.63) is 103 Å². The summed E-state index contributed by atoms with van der Waals surface area (Å²) in [6.45, 7) is 12.1. The minimum Gasteiger partial charge on any atom is -0.323 e. The van der Waals surface area contributed by atoms with Crippen molar-refractivity contribution in [2.24, 2.45) is 0 Å². The van der Waals surface area contributed by atoms with Crippen LogP contribution >= 0.6 is 0 Å². The van der Waals surface area contributed by atoms with Gasteiger partial charge in [-0.2, -0.15) is 0 Å². The van der Waals surface area contributed by atoms with Crippen LogP contribution in [0, 0.1) is 0 Å². The number of hydrogen-bond acceptors (Lipinski definition) is 1. The van der Waals surface area contributed by atoms with Crippen LogP contribution in [-0.4, -0.2) is 18.0 Å². The highest BCUT2D eigenvalue weighted by molar-refractivity contribution is 5.89. The molecule has 0 bridgehead atoms. The zero-order chi connectivity index (χ0) is 20.5. The highest BCUT2D eigenvalue weighted by atomic mass is 16.2. The van der Waals surface area contributed by atoms with Gasteiger partial charge in [-0.05, 0) is 48.2 Å². The maximum atomic E-state index is 12.4. The van der Waals surface area contributed by atoms with Gasteiger partial charge >= 0.3 is 6.03 Å². The lowest BCUT2D eigenvalue weighted by molar-refractivity contribution is 0.220. The van der Waals surface area contributed by atoms with Crippen LogP contribution in [0.3, 0.4) is 0 Å². The third-order valence-corrected chi connectivity index (χ3v) is 4.41. The number of anilines is 1. The lowest BCUT2D eigenvalue weighted by Gasteiger charge is -2.18. The third-order valence-electron chi connectivity index (χ3n) is 4.41. The van der Waals surface area contributed by atoms with Crippen LogP contribution in [-0.2, 0) is 6.54 Å². The summed E-state index contributed by atoms with van der Waals surface area (Å²) >= 11 is 0. The molecule has 0 fully saturated rings. The normalized spacial score (nSPS) is 11.3. The number of urea groups is 1. The predicted molar refractivity (Wildman–Crippen MR) is 121 cm³/mol. The molecule has 0 aliphatic rings. The first-order chi connectivity index (χ1) is 13.4. The molecule has 2 aromatic carbocycles. The maximum Gasteiger partial charge on any atom is 0.321 e. The molecule has 2 aromatic rings. The smallest absolute Gasteiger partial charge is 0.321 e. The standard InChI is InChI=1S/C25H28N2O/c1-6-8-9-21(7-2)23-12-10-20(11-13-23)18-27(5)25(28)26-24-16-14-22(15-17-24)19(3)4/h6-17H,1,3,18H2,2,4-5H3,(H,26,28)/b9-8-,21-7+. The largest absolute Gasteiger partial charge is 0.323 e. The van der Waals surface area contributed by atoms with Gasteiger partial charge in [-0.3, -0.25) is 0 Å². The van der Waals surface area contributed by atoms with Crippen molar-refractivity contribution >= 4 is 22.9 Å². The van der Waals surface area contributed by atoms with Crippen LogP contribution in [0.1, 0.15) is 30.5 Å². The van der Waals surface area contributed by atoms with Crippen LogP contribution in [0.4, 0.5) is 10.5 Å². The van der Waals surface area contributed by atoms with E-state index in [-0.39, 0.29) is 6.03 Å². The van der Waals surface area contributed by atoms with Gasteiger partial charge in [-0.25, -0.2) is 4.79 Å². The summed E-state index contributed by atoms with van der Waals surface area (Å²) in [7, 11) is 1.79. The zero-order valence-electron chi connectivity index (χ0n) is 16.9. The highest BCUT2D eigenvalue weighted by Crippen LogP contribution is 2.18. The first-order valence-corrected chi connectivity index (χ1v) is 9.27. The molecule has 3 heteroatoms. The summed E-state index contributed by atoms with van der Waals surface area (Å²) in [6, 6.07) is 15.8. The topological polar surface area (TPSA) is 32.3 Å². The van der Waals surface area contributed by atoms with E-state index in [1.165, 1.54) is 0 Å². The number of carbonyl (C=O) groups excluding carboxylic acids is 1. The minimum atomic E-state index is -0.143. The quantitative estimate of drug-likeness (QED) is 0.551. The van der Waals surface area contributed by atoms with E-state index in [1.807, 2.05) is 62.4 Å². The van der Waals surface area contributed by atoms with Crippen molar-refractivity contribution in [3.8, 4) is 0 Å². The summed E-state index contributed by atoms with van der Waals surface area (Å²) in [5, 5.41) is 2.92. The number of carbonyl (C=O) groups is 1. The van der Waals surface area contributed by atoms with E-state index in [2.05, 4.69) is 36.7 Å². The Bertz CT molecular complexity index is 887. The third kappa shape index (κ3) is 5.85. The molecule has 0 atom stereocenters. The fraction of sp³-hybridized carbons (Fsp3) is 0.160. The van der Waals surface area contributed by atoms with Crippen molar-refractivity contribution in [2.75, 3.05) is 12.4 Å². The van der Waals surface area contributed by atoms with Gasteiger partial charge in [-0.1, -0.05) is 79.4 Å². The lowest BCUT2D eigenvalue weighted by atomic mass is 10.0. The molecule has 0 aliphatic carbocycles. The molecule has 1 N–H and O–H groups in total. The summed E-state index contributed by atoms with van der Waals surface area (Å²) in [6.07, 6.45) is 7.77. The molecule has 0 aromatic heterocycles. The van der Waals surface area contributed by atoms with E-state index in [0.29, 0.717) is 6.54 Å². The lowest BCUT2D eigenvalue weighted by Crippen LogP contribution is -2.30. The molecule has 0 radical (unpaired) electrons. The molecule has 2 amide bonds. The van der Waals surface area contributed by atoms with E-state index in [1.54, 1.807) is 18.0 Å². The summed E-state index contributed by atoms with van der Waals surface area (Å²) in [4.78, 5) is 14.1. The molecule has 0 saturated carbocycles. The molecule has 0 spiro atoms. The van der Waals surface area contributed by atoms with E-state index in [0.717, 1.165) is 33.5 Å². The average Bonchev–Trinajstić information content (AvgIpc) is 2.70. The Hall–Kier alpha value is -3.33. The van der Waals surface area contributed by atoms with Crippen LogP contribution in [0.2, 0.25) is 0 Å². The van der Waals surface area contributed by atoms with Gasteiger partial charge in [0.05, 0.1) is 0 Å². The van der Waals surface area contributed by atoms with Gasteiger partial charge in [0, 0.05) is 19.3 Å². The van der Waals surface area contributed by atoms with Gasteiger partial charge < -0.3 is 10.2 Å². The molecule has 144 valence electrons.